The quantitative estimate of drug-likeness (QED) is 0.693. The van der Waals surface area contributed by atoms with E-state index >= 15 is 0 Å². The maximum Gasteiger partial charge on any atom is 0.225 e. The van der Waals surface area contributed by atoms with Crippen LogP contribution in [0.25, 0.3) is 0 Å². The van der Waals surface area contributed by atoms with E-state index in [9.17, 15) is 4.79 Å². The second-order valence-electron chi connectivity index (χ2n) is 7.30. The molecule has 0 radical (unpaired) electrons. The third kappa shape index (κ3) is 3.27. The smallest absolute Gasteiger partial charge is 0.225 e. The van der Waals surface area contributed by atoms with Gasteiger partial charge in [0.25, 0.3) is 0 Å². The summed E-state index contributed by atoms with van der Waals surface area (Å²) in [5.41, 5.74) is 0.403. The van der Waals surface area contributed by atoms with Gasteiger partial charge in [-0.3, -0.25) is 4.79 Å². The van der Waals surface area contributed by atoms with Gasteiger partial charge in [-0.15, -0.1) is 0 Å². The lowest BCUT2D eigenvalue weighted by atomic mass is 9.75. The van der Waals surface area contributed by atoms with Crippen LogP contribution in [0.5, 0.6) is 0 Å². The molecule has 2 aliphatic rings. The van der Waals surface area contributed by atoms with Crippen molar-refractivity contribution in [2.24, 2.45) is 17.3 Å². The highest BCUT2D eigenvalue weighted by Crippen LogP contribution is 2.35. The zero-order valence-corrected chi connectivity index (χ0v) is 12.4. The molecule has 0 atom stereocenters. The van der Waals surface area contributed by atoms with Crippen LogP contribution in [0.4, 0.5) is 0 Å². The number of hydrogen-bond acceptors (Lipinski definition) is 1. The number of nitrogens with zero attached hydrogens (tertiary/aromatic N) is 1. The fourth-order valence-electron chi connectivity index (χ4n) is 3.57. The Balaban J connectivity index is 1.83. The van der Waals surface area contributed by atoms with E-state index in [1.165, 1.54) is 32.1 Å². The summed E-state index contributed by atoms with van der Waals surface area (Å²) in [4.78, 5) is 14.6. The standard InChI is InChI=1S/C16H29NO/c1-16(2,3)14-9-11-17(12-10-14)15(18)13-7-5-4-6-8-13/h13-14H,4-12H2,1-3H3. The zero-order valence-electron chi connectivity index (χ0n) is 12.4. The topological polar surface area (TPSA) is 20.3 Å². The van der Waals surface area contributed by atoms with Gasteiger partial charge in [-0.25, -0.2) is 0 Å². The molecule has 0 aromatic rings. The van der Waals surface area contributed by atoms with E-state index in [4.69, 9.17) is 0 Å². The Labute approximate surface area is 112 Å². The highest BCUT2D eigenvalue weighted by molar-refractivity contribution is 5.79. The van der Waals surface area contributed by atoms with E-state index in [0.717, 1.165) is 31.8 Å². The van der Waals surface area contributed by atoms with Crippen molar-refractivity contribution in [2.75, 3.05) is 13.1 Å². The van der Waals surface area contributed by atoms with Crippen LogP contribution in [-0.4, -0.2) is 23.9 Å². The first kappa shape index (κ1) is 13.9. The van der Waals surface area contributed by atoms with Crippen LogP contribution >= 0.6 is 0 Å². The summed E-state index contributed by atoms with van der Waals surface area (Å²) in [6.45, 7) is 8.98. The van der Waals surface area contributed by atoms with Gasteiger partial charge in [0.1, 0.15) is 0 Å². The fourth-order valence-corrected chi connectivity index (χ4v) is 3.57. The molecule has 2 fully saturated rings. The lowest BCUT2D eigenvalue weighted by Gasteiger charge is -2.40. The van der Waals surface area contributed by atoms with Gasteiger partial charge in [0.05, 0.1) is 0 Å². The molecular formula is C16H29NO. The second kappa shape index (κ2) is 5.63. The second-order valence-corrected chi connectivity index (χ2v) is 7.30. The molecule has 0 aromatic heterocycles. The van der Waals surface area contributed by atoms with E-state index in [1.54, 1.807) is 0 Å². The van der Waals surface area contributed by atoms with Crippen molar-refractivity contribution in [2.45, 2.75) is 65.7 Å². The Morgan fingerprint density at radius 3 is 2.00 bits per heavy atom. The zero-order chi connectivity index (χ0) is 13.2. The Morgan fingerprint density at radius 1 is 0.944 bits per heavy atom. The molecule has 1 amide bonds. The van der Waals surface area contributed by atoms with Gasteiger partial charge >= 0.3 is 0 Å². The molecule has 0 bridgehead atoms. The molecule has 2 nitrogen and oxygen atoms in total. The van der Waals surface area contributed by atoms with Crippen LogP contribution in [0.15, 0.2) is 0 Å². The van der Waals surface area contributed by atoms with E-state index in [-0.39, 0.29) is 0 Å². The summed E-state index contributed by atoms with van der Waals surface area (Å²) in [5, 5.41) is 0. The van der Waals surface area contributed by atoms with E-state index in [2.05, 4.69) is 25.7 Å². The molecule has 1 heterocycles. The third-order valence-corrected chi connectivity index (χ3v) is 4.99. The SMILES string of the molecule is CC(C)(C)C1CCN(C(=O)C2CCCCC2)CC1. The van der Waals surface area contributed by atoms with Gasteiger partial charge < -0.3 is 4.90 Å². The van der Waals surface area contributed by atoms with Crippen molar-refractivity contribution in [3.05, 3.63) is 0 Å². The number of carbonyl (C=O) groups is 1. The minimum Gasteiger partial charge on any atom is -0.342 e. The largest absolute Gasteiger partial charge is 0.342 e. The molecular weight excluding hydrogens is 222 g/mol. The van der Waals surface area contributed by atoms with Crippen molar-refractivity contribution in [3.63, 3.8) is 0 Å². The third-order valence-electron chi connectivity index (χ3n) is 4.99. The number of rotatable bonds is 1. The van der Waals surface area contributed by atoms with Gasteiger partial charge in [-0.05, 0) is 37.0 Å². The molecule has 2 rings (SSSR count). The fraction of sp³-hybridized carbons (Fsp3) is 0.938. The van der Waals surface area contributed by atoms with E-state index < -0.39 is 0 Å². The monoisotopic (exact) mass is 251 g/mol. The van der Waals surface area contributed by atoms with Crippen LogP contribution in [0.1, 0.15) is 65.7 Å². The minimum atomic E-state index is 0.352. The number of likely N-dealkylation sites (tertiary alicyclic amines) is 1. The maximum absolute atomic E-state index is 12.4. The van der Waals surface area contributed by atoms with Crippen LogP contribution < -0.4 is 0 Å². The summed E-state index contributed by atoms with van der Waals surface area (Å²) in [6, 6.07) is 0. The first-order chi connectivity index (χ1) is 8.48. The number of piperidine rings is 1. The average molecular weight is 251 g/mol. The van der Waals surface area contributed by atoms with Crippen molar-refractivity contribution in [3.8, 4) is 0 Å². The van der Waals surface area contributed by atoms with Crippen molar-refractivity contribution >= 4 is 5.91 Å². The number of carbonyl (C=O) groups excluding carboxylic acids is 1. The summed E-state index contributed by atoms with van der Waals surface area (Å²) in [6.07, 6.45) is 8.51. The molecule has 2 heteroatoms. The van der Waals surface area contributed by atoms with Crippen LogP contribution in [-0.2, 0) is 4.79 Å². The molecule has 104 valence electrons. The summed E-state index contributed by atoms with van der Waals surface area (Å²) < 4.78 is 0. The van der Waals surface area contributed by atoms with Crippen molar-refractivity contribution in [1.82, 2.24) is 4.90 Å². The predicted molar refractivity (Wildman–Crippen MR) is 75.3 cm³/mol. The highest BCUT2D eigenvalue weighted by atomic mass is 16.2. The average Bonchev–Trinajstić information content (AvgIpc) is 2.38. The Morgan fingerprint density at radius 2 is 1.50 bits per heavy atom. The van der Waals surface area contributed by atoms with Gasteiger partial charge in [0, 0.05) is 19.0 Å². The Kier molecular flexibility index (Phi) is 4.34. The molecule has 1 saturated heterocycles. The minimum absolute atomic E-state index is 0.352. The molecule has 1 aliphatic heterocycles. The molecule has 0 unspecified atom stereocenters. The summed E-state index contributed by atoms with van der Waals surface area (Å²) in [5.74, 6) is 1.60. The van der Waals surface area contributed by atoms with Crippen molar-refractivity contribution < 1.29 is 4.79 Å². The first-order valence-corrected chi connectivity index (χ1v) is 7.77. The predicted octanol–water partition coefficient (Wildman–Crippen LogP) is 3.85. The molecule has 0 spiro atoms. The molecule has 1 saturated carbocycles. The van der Waals surface area contributed by atoms with Gasteiger partial charge in [-0.2, -0.15) is 0 Å². The Hall–Kier alpha value is -0.530. The lowest BCUT2D eigenvalue weighted by Crippen LogP contribution is -2.44. The van der Waals surface area contributed by atoms with Crippen LogP contribution in [0.3, 0.4) is 0 Å². The van der Waals surface area contributed by atoms with Crippen LogP contribution in [0.2, 0.25) is 0 Å². The maximum atomic E-state index is 12.4. The van der Waals surface area contributed by atoms with E-state index in [1.807, 2.05) is 0 Å². The van der Waals surface area contributed by atoms with Gasteiger partial charge in [0.2, 0.25) is 5.91 Å². The molecule has 0 aromatic carbocycles. The summed E-state index contributed by atoms with van der Waals surface area (Å²) in [7, 11) is 0. The highest BCUT2D eigenvalue weighted by Gasteiger charge is 2.32. The van der Waals surface area contributed by atoms with Gasteiger partial charge in [0.15, 0.2) is 0 Å². The lowest BCUT2D eigenvalue weighted by molar-refractivity contribution is -0.138. The first-order valence-electron chi connectivity index (χ1n) is 7.77. The number of amides is 1. The Bertz CT molecular complexity index is 278. The normalized spacial score (nSPS) is 24.3. The van der Waals surface area contributed by atoms with Gasteiger partial charge in [-0.1, -0.05) is 40.0 Å². The molecule has 0 N–H and O–H groups in total. The molecule has 1 aliphatic carbocycles. The van der Waals surface area contributed by atoms with Crippen LogP contribution in [0, 0.1) is 17.3 Å². The van der Waals surface area contributed by atoms with Crippen molar-refractivity contribution in [1.29, 1.82) is 0 Å². The summed E-state index contributed by atoms with van der Waals surface area (Å²) >= 11 is 0. The number of hydrogen-bond donors (Lipinski definition) is 0. The molecule has 18 heavy (non-hydrogen) atoms. The van der Waals surface area contributed by atoms with E-state index in [0.29, 0.717) is 17.2 Å².